The number of rotatable bonds is 4. The van der Waals surface area contributed by atoms with Gasteiger partial charge in [0.1, 0.15) is 12.1 Å². The van der Waals surface area contributed by atoms with Crippen molar-refractivity contribution in [3.63, 3.8) is 0 Å². The smallest absolute Gasteiger partial charge is 0.223 e. The van der Waals surface area contributed by atoms with Gasteiger partial charge in [-0.3, -0.25) is 9.36 Å². The summed E-state index contributed by atoms with van der Waals surface area (Å²) in [4.78, 5) is 21.5. The fourth-order valence-electron chi connectivity index (χ4n) is 5.84. The molecule has 0 unspecified atom stereocenters. The van der Waals surface area contributed by atoms with Gasteiger partial charge in [0, 0.05) is 36.6 Å². The number of amides is 1. The first-order chi connectivity index (χ1) is 12.3. The standard InChI is InChI=1S/C20H24N4O/c25-20(18-16-7-13-6-14(9-16)10-17(18)8-13)23-11-15-2-1-3-22-19(15)24-5-4-21-12-24/h1-5,12-14,16-18H,6-11H2,(H,23,25). The van der Waals surface area contributed by atoms with Gasteiger partial charge in [0.25, 0.3) is 0 Å². The van der Waals surface area contributed by atoms with Gasteiger partial charge in [0.2, 0.25) is 5.91 Å². The summed E-state index contributed by atoms with van der Waals surface area (Å²) >= 11 is 0. The van der Waals surface area contributed by atoms with E-state index in [-0.39, 0.29) is 11.8 Å². The third-order valence-corrected chi connectivity index (χ3v) is 6.60. The zero-order chi connectivity index (χ0) is 16.8. The molecule has 0 aliphatic heterocycles. The Morgan fingerprint density at radius 1 is 1.12 bits per heavy atom. The number of carbonyl (C=O) groups is 1. The molecule has 4 bridgehead atoms. The molecule has 0 spiro atoms. The summed E-state index contributed by atoms with van der Waals surface area (Å²) in [5.74, 6) is 4.38. The second kappa shape index (κ2) is 5.97. The maximum absolute atomic E-state index is 13.0. The summed E-state index contributed by atoms with van der Waals surface area (Å²) in [6.45, 7) is 0.531. The van der Waals surface area contributed by atoms with Gasteiger partial charge < -0.3 is 5.32 Å². The molecule has 4 aliphatic rings. The molecule has 0 radical (unpaired) electrons. The van der Waals surface area contributed by atoms with E-state index in [0.717, 1.165) is 23.2 Å². The number of nitrogens with zero attached hydrogens (tertiary/aromatic N) is 3. The SMILES string of the molecule is O=C(NCc1cccnc1-n1ccnc1)C1C2CC3CC(C2)CC1C3. The van der Waals surface area contributed by atoms with Gasteiger partial charge in [-0.05, 0) is 61.8 Å². The molecule has 4 saturated carbocycles. The Kier molecular flexibility index (Phi) is 3.61. The number of hydrogen-bond acceptors (Lipinski definition) is 3. The fourth-order valence-corrected chi connectivity index (χ4v) is 5.84. The monoisotopic (exact) mass is 336 g/mol. The van der Waals surface area contributed by atoms with Crippen molar-refractivity contribution in [1.29, 1.82) is 0 Å². The molecule has 0 atom stereocenters. The molecule has 0 saturated heterocycles. The summed E-state index contributed by atoms with van der Waals surface area (Å²) in [5.41, 5.74) is 1.03. The van der Waals surface area contributed by atoms with Gasteiger partial charge in [-0.1, -0.05) is 6.07 Å². The van der Waals surface area contributed by atoms with Gasteiger partial charge in [-0.15, -0.1) is 0 Å². The molecule has 25 heavy (non-hydrogen) atoms. The highest BCUT2D eigenvalue weighted by Crippen LogP contribution is 2.56. The molecule has 4 aliphatic carbocycles. The van der Waals surface area contributed by atoms with Crippen molar-refractivity contribution in [2.24, 2.45) is 29.6 Å². The fraction of sp³-hybridized carbons (Fsp3) is 0.550. The number of carbonyl (C=O) groups excluding carboxylic acids is 1. The maximum Gasteiger partial charge on any atom is 0.223 e. The van der Waals surface area contributed by atoms with E-state index in [4.69, 9.17) is 0 Å². The van der Waals surface area contributed by atoms with Crippen LogP contribution in [-0.2, 0) is 11.3 Å². The number of nitrogens with one attached hydrogen (secondary N) is 1. The number of hydrogen-bond donors (Lipinski definition) is 1. The van der Waals surface area contributed by atoms with Gasteiger partial charge in [0.15, 0.2) is 0 Å². The molecule has 2 heterocycles. The van der Waals surface area contributed by atoms with Gasteiger partial charge in [-0.25, -0.2) is 9.97 Å². The Balaban J connectivity index is 1.30. The van der Waals surface area contributed by atoms with Crippen molar-refractivity contribution in [1.82, 2.24) is 19.9 Å². The van der Waals surface area contributed by atoms with Crippen molar-refractivity contribution in [2.75, 3.05) is 0 Å². The lowest BCUT2D eigenvalue weighted by Crippen LogP contribution is -2.50. The molecule has 0 aromatic carbocycles. The lowest BCUT2D eigenvalue weighted by Gasteiger charge is -2.53. The molecule has 5 heteroatoms. The average molecular weight is 336 g/mol. The van der Waals surface area contributed by atoms with Crippen LogP contribution in [0.3, 0.4) is 0 Å². The second-order valence-electron chi connectivity index (χ2n) is 8.13. The van der Waals surface area contributed by atoms with E-state index in [1.54, 1.807) is 18.7 Å². The van der Waals surface area contributed by atoms with Crippen molar-refractivity contribution in [2.45, 2.75) is 38.6 Å². The summed E-state index contributed by atoms with van der Waals surface area (Å²) in [5, 5.41) is 3.22. The molecule has 2 aromatic heterocycles. The van der Waals surface area contributed by atoms with Gasteiger partial charge in [0.05, 0.1) is 0 Å². The van der Waals surface area contributed by atoms with E-state index in [0.29, 0.717) is 18.4 Å². The Morgan fingerprint density at radius 3 is 2.56 bits per heavy atom. The lowest BCUT2D eigenvalue weighted by molar-refractivity contribution is -0.138. The first kappa shape index (κ1) is 15.1. The van der Waals surface area contributed by atoms with Crippen LogP contribution in [0, 0.1) is 29.6 Å². The third-order valence-electron chi connectivity index (χ3n) is 6.60. The first-order valence-electron chi connectivity index (χ1n) is 9.48. The minimum absolute atomic E-state index is 0.237. The van der Waals surface area contributed by atoms with Crippen LogP contribution < -0.4 is 5.32 Å². The Bertz CT molecular complexity index is 742. The van der Waals surface area contributed by atoms with Crippen LogP contribution >= 0.6 is 0 Å². The maximum atomic E-state index is 13.0. The predicted molar refractivity (Wildman–Crippen MR) is 93.7 cm³/mol. The van der Waals surface area contributed by atoms with Crippen molar-refractivity contribution in [3.05, 3.63) is 42.6 Å². The molecular formula is C20H24N4O. The Hall–Kier alpha value is -2.17. The molecule has 5 nitrogen and oxygen atoms in total. The van der Waals surface area contributed by atoms with Crippen LogP contribution in [0.5, 0.6) is 0 Å². The lowest BCUT2D eigenvalue weighted by atomic mass is 9.51. The van der Waals surface area contributed by atoms with E-state index < -0.39 is 0 Å². The van der Waals surface area contributed by atoms with E-state index in [2.05, 4.69) is 15.3 Å². The summed E-state index contributed by atoms with van der Waals surface area (Å²) in [6, 6.07) is 3.95. The number of pyridine rings is 1. The van der Waals surface area contributed by atoms with E-state index >= 15 is 0 Å². The molecular weight excluding hydrogens is 312 g/mol. The highest BCUT2D eigenvalue weighted by atomic mass is 16.1. The molecule has 1 amide bonds. The third kappa shape index (κ3) is 2.66. The molecule has 130 valence electrons. The van der Waals surface area contributed by atoms with Crippen molar-refractivity contribution >= 4 is 5.91 Å². The topological polar surface area (TPSA) is 59.8 Å². The highest BCUT2D eigenvalue weighted by molar-refractivity contribution is 5.79. The molecule has 2 aromatic rings. The van der Waals surface area contributed by atoms with Crippen LogP contribution in [0.25, 0.3) is 5.82 Å². The van der Waals surface area contributed by atoms with E-state index in [1.165, 1.54) is 32.1 Å². The van der Waals surface area contributed by atoms with Crippen molar-refractivity contribution in [3.8, 4) is 5.82 Å². The van der Waals surface area contributed by atoms with E-state index in [9.17, 15) is 4.79 Å². The minimum Gasteiger partial charge on any atom is -0.352 e. The summed E-state index contributed by atoms with van der Waals surface area (Å²) < 4.78 is 1.89. The first-order valence-corrected chi connectivity index (χ1v) is 9.48. The summed E-state index contributed by atoms with van der Waals surface area (Å²) in [6.07, 6.45) is 13.7. The number of imidazole rings is 1. The van der Waals surface area contributed by atoms with Gasteiger partial charge in [-0.2, -0.15) is 0 Å². The van der Waals surface area contributed by atoms with Crippen LogP contribution in [0.2, 0.25) is 0 Å². The molecule has 1 N–H and O–H groups in total. The normalized spacial score (nSPS) is 32.7. The second-order valence-corrected chi connectivity index (χ2v) is 8.13. The quantitative estimate of drug-likeness (QED) is 0.934. The summed E-state index contributed by atoms with van der Waals surface area (Å²) in [7, 11) is 0. The van der Waals surface area contributed by atoms with Crippen LogP contribution in [0.15, 0.2) is 37.1 Å². The van der Waals surface area contributed by atoms with Crippen LogP contribution in [-0.4, -0.2) is 20.4 Å². The largest absolute Gasteiger partial charge is 0.352 e. The Morgan fingerprint density at radius 2 is 1.88 bits per heavy atom. The molecule has 4 fully saturated rings. The Labute approximate surface area is 147 Å². The highest BCUT2D eigenvalue weighted by Gasteiger charge is 2.50. The van der Waals surface area contributed by atoms with Crippen molar-refractivity contribution < 1.29 is 4.79 Å². The molecule has 6 rings (SSSR count). The van der Waals surface area contributed by atoms with Gasteiger partial charge >= 0.3 is 0 Å². The zero-order valence-corrected chi connectivity index (χ0v) is 14.3. The average Bonchev–Trinajstić information content (AvgIpc) is 3.14. The number of aromatic nitrogens is 3. The van der Waals surface area contributed by atoms with Crippen LogP contribution in [0.4, 0.5) is 0 Å². The zero-order valence-electron chi connectivity index (χ0n) is 14.3. The van der Waals surface area contributed by atoms with Crippen LogP contribution in [0.1, 0.15) is 37.7 Å². The predicted octanol–water partition coefficient (Wildman–Crippen LogP) is 2.96. The van der Waals surface area contributed by atoms with E-state index in [1.807, 2.05) is 22.9 Å². The minimum atomic E-state index is 0.237.